The number of thiazole rings is 1. The van der Waals surface area contributed by atoms with Crippen LogP contribution in [0.4, 0.5) is 0 Å². The average Bonchev–Trinajstić information content (AvgIpc) is 2.78. The molecule has 0 saturated heterocycles. The lowest BCUT2D eigenvalue weighted by molar-refractivity contribution is 0.292. The van der Waals surface area contributed by atoms with Gasteiger partial charge in [-0.05, 0) is 12.1 Å². The Morgan fingerprint density at radius 3 is 3.06 bits per heavy atom. The van der Waals surface area contributed by atoms with Crippen molar-refractivity contribution in [2.24, 2.45) is 0 Å². The summed E-state index contributed by atoms with van der Waals surface area (Å²) in [4.78, 5) is 4.55. The molecule has 17 heavy (non-hydrogen) atoms. The number of hydrogen-bond acceptors (Lipinski definition) is 4. The van der Waals surface area contributed by atoms with Gasteiger partial charge in [0.05, 0.1) is 12.3 Å². The fourth-order valence-electron chi connectivity index (χ4n) is 1.45. The van der Waals surface area contributed by atoms with E-state index in [0.29, 0.717) is 13.1 Å². The molecular formula is C12H13BrN2OS. The maximum atomic E-state index is 8.67. The smallest absolute Gasteiger partial charge is 0.107 e. The molecular weight excluding hydrogens is 300 g/mol. The number of hydrogen-bond donors (Lipinski definition) is 2. The summed E-state index contributed by atoms with van der Waals surface area (Å²) in [5.74, 6) is 0. The molecule has 0 fully saturated rings. The van der Waals surface area contributed by atoms with Crippen molar-refractivity contribution in [3.8, 4) is 11.3 Å². The molecule has 2 aromatic rings. The highest BCUT2D eigenvalue weighted by molar-refractivity contribution is 9.10. The highest BCUT2D eigenvalue weighted by atomic mass is 79.9. The Bertz CT molecular complexity index is 487. The fourth-order valence-corrected chi connectivity index (χ4v) is 2.62. The Kier molecular flexibility index (Phi) is 4.67. The molecule has 0 saturated carbocycles. The second kappa shape index (κ2) is 6.26. The van der Waals surface area contributed by atoms with Gasteiger partial charge in [0.25, 0.3) is 0 Å². The summed E-state index contributed by atoms with van der Waals surface area (Å²) < 4.78 is 1.06. The van der Waals surface area contributed by atoms with Crippen LogP contribution in [0.5, 0.6) is 0 Å². The van der Waals surface area contributed by atoms with E-state index in [1.165, 1.54) is 0 Å². The van der Waals surface area contributed by atoms with Gasteiger partial charge in [-0.1, -0.05) is 28.1 Å². The van der Waals surface area contributed by atoms with Crippen LogP contribution in [0.15, 0.2) is 34.1 Å². The minimum atomic E-state index is 0.157. The fraction of sp³-hybridized carbons (Fsp3) is 0.250. The first kappa shape index (κ1) is 12.7. The molecule has 2 N–H and O–H groups in total. The molecule has 0 radical (unpaired) electrons. The van der Waals surface area contributed by atoms with Crippen LogP contribution in [-0.2, 0) is 6.54 Å². The van der Waals surface area contributed by atoms with E-state index >= 15 is 0 Å². The standard InChI is InChI=1S/C12H13BrN2OS/c13-10-3-1-2-9(6-10)11-8-17-12(15-11)7-14-4-5-16/h1-3,6,8,14,16H,4-5,7H2. The number of aliphatic hydroxyl groups excluding tert-OH is 1. The molecule has 2 rings (SSSR count). The Balaban J connectivity index is 2.07. The predicted octanol–water partition coefficient (Wildman–Crippen LogP) is 2.65. The third-order valence-electron chi connectivity index (χ3n) is 2.24. The molecule has 5 heteroatoms. The van der Waals surface area contributed by atoms with Gasteiger partial charge in [0.1, 0.15) is 5.01 Å². The van der Waals surface area contributed by atoms with Gasteiger partial charge in [0, 0.05) is 28.5 Å². The molecule has 0 spiro atoms. The van der Waals surface area contributed by atoms with Gasteiger partial charge in [0.2, 0.25) is 0 Å². The van der Waals surface area contributed by atoms with Crippen molar-refractivity contribution in [3.63, 3.8) is 0 Å². The molecule has 90 valence electrons. The van der Waals surface area contributed by atoms with Crippen LogP contribution in [0, 0.1) is 0 Å². The Labute approximate surface area is 113 Å². The maximum absolute atomic E-state index is 8.67. The van der Waals surface area contributed by atoms with Crippen LogP contribution in [0.3, 0.4) is 0 Å². The molecule has 0 aliphatic heterocycles. The molecule has 0 amide bonds. The van der Waals surface area contributed by atoms with Crippen molar-refractivity contribution < 1.29 is 5.11 Å². The van der Waals surface area contributed by atoms with Crippen LogP contribution >= 0.6 is 27.3 Å². The number of rotatable bonds is 5. The summed E-state index contributed by atoms with van der Waals surface area (Å²) in [6.45, 7) is 1.47. The second-order valence-electron chi connectivity index (χ2n) is 3.54. The number of nitrogens with zero attached hydrogens (tertiary/aromatic N) is 1. The van der Waals surface area contributed by atoms with E-state index in [9.17, 15) is 0 Å². The van der Waals surface area contributed by atoms with Crippen LogP contribution in [0.1, 0.15) is 5.01 Å². The van der Waals surface area contributed by atoms with Gasteiger partial charge in [-0.25, -0.2) is 4.98 Å². The number of aliphatic hydroxyl groups is 1. The molecule has 3 nitrogen and oxygen atoms in total. The molecule has 1 heterocycles. The van der Waals surface area contributed by atoms with Gasteiger partial charge in [-0.2, -0.15) is 0 Å². The lowest BCUT2D eigenvalue weighted by atomic mass is 10.2. The number of nitrogens with one attached hydrogen (secondary N) is 1. The average molecular weight is 313 g/mol. The van der Waals surface area contributed by atoms with Crippen molar-refractivity contribution in [1.29, 1.82) is 0 Å². The third-order valence-corrected chi connectivity index (χ3v) is 3.58. The van der Waals surface area contributed by atoms with E-state index in [1.807, 2.05) is 18.2 Å². The van der Waals surface area contributed by atoms with Crippen molar-refractivity contribution in [1.82, 2.24) is 10.3 Å². The summed E-state index contributed by atoms with van der Waals surface area (Å²) >= 11 is 5.08. The largest absolute Gasteiger partial charge is 0.395 e. The lowest BCUT2D eigenvalue weighted by Crippen LogP contribution is -2.17. The summed E-state index contributed by atoms with van der Waals surface area (Å²) in [6, 6.07) is 8.10. The highest BCUT2D eigenvalue weighted by Crippen LogP contribution is 2.24. The Morgan fingerprint density at radius 1 is 1.41 bits per heavy atom. The van der Waals surface area contributed by atoms with Crippen LogP contribution in [0.2, 0.25) is 0 Å². The van der Waals surface area contributed by atoms with Crippen molar-refractivity contribution >= 4 is 27.3 Å². The molecule has 0 aliphatic rings. The summed E-state index contributed by atoms with van der Waals surface area (Å²) in [5, 5.41) is 14.9. The summed E-state index contributed by atoms with van der Waals surface area (Å²) in [7, 11) is 0. The first-order valence-corrected chi connectivity index (χ1v) is 6.99. The van der Waals surface area contributed by atoms with Gasteiger partial charge in [-0.3, -0.25) is 0 Å². The SMILES string of the molecule is OCCNCc1nc(-c2cccc(Br)c2)cs1. The quantitative estimate of drug-likeness (QED) is 0.834. The number of benzene rings is 1. The lowest BCUT2D eigenvalue weighted by Gasteiger charge is -1.98. The third kappa shape index (κ3) is 3.61. The first-order chi connectivity index (χ1) is 8.29. The van der Waals surface area contributed by atoms with E-state index in [0.717, 1.165) is 20.7 Å². The van der Waals surface area contributed by atoms with E-state index in [-0.39, 0.29) is 6.61 Å². The van der Waals surface area contributed by atoms with Gasteiger partial charge >= 0.3 is 0 Å². The monoisotopic (exact) mass is 312 g/mol. The van der Waals surface area contributed by atoms with Crippen molar-refractivity contribution in [3.05, 3.63) is 39.1 Å². The zero-order valence-corrected chi connectivity index (χ0v) is 11.6. The topological polar surface area (TPSA) is 45.1 Å². The van der Waals surface area contributed by atoms with Crippen LogP contribution in [0.25, 0.3) is 11.3 Å². The van der Waals surface area contributed by atoms with E-state index < -0.39 is 0 Å². The first-order valence-electron chi connectivity index (χ1n) is 5.31. The summed E-state index contributed by atoms with van der Waals surface area (Å²) in [5.41, 5.74) is 2.11. The number of aromatic nitrogens is 1. The minimum absolute atomic E-state index is 0.157. The molecule has 0 bridgehead atoms. The van der Waals surface area contributed by atoms with E-state index in [1.54, 1.807) is 11.3 Å². The van der Waals surface area contributed by atoms with E-state index in [2.05, 4.69) is 37.7 Å². The molecule has 0 atom stereocenters. The van der Waals surface area contributed by atoms with E-state index in [4.69, 9.17) is 5.11 Å². The van der Waals surface area contributed by atoms with Crippen LogP contribution in [-0.4, -0.2) is 23.2 Å². The highest BCUT2D eigenvalue weighted by Gasteiger charge is 2.04. The van der Waals surface area contributed by atoms with Gasteiger partial charge < -0.3 is 10.4 Å². The maximum Gasteiger partial charge on any atom is 0.107 e. The Hall–Kier alpha value is -0.750. The van der Waals surface area contributed by atoms with Gasteiger partial charge in [0.15, 0.2) is 0 Å². The minimum Gasteiger partial charge on any atom is -0.395 e. The number of halogens is 1. The molecule has 1 aromatic carbocycles. The summed E-state index contributed by atoms with van der Waals surface area (Å²) in [6.07, 6.45) is 0. The molecule has 0 aliphatic carbocycles. The van der Waals surface area contributed by atoms with Crippen LogP contribution < -0.4 is 5.32 Å². The normalized spacial score (nSPS) is 10.7. The van der Waals surface area contributed by atoms with Crippen molar-refractivity contribution in [2.45, 2.75) is 6.54 Å². The van der Waals surface area contributed by atoms with Gasteiger partial charge in [-0.15, -0.1) is 11.3 Å². The Morgan fingerprint density at radius 2 is 2.29 bits per heavy atom. The molecule has 0 unspecified atom stereocenters. The molecule has 1 aromatic heterocycles. The zero-order chi connectivity index (χ0) is 12.1. The predicted molar refractivity (Wildman–Crippen MR) is 74.0 cm³/mol. The zero-order valence-electron chi connectivity index (χ0n) is 9.19. The second-order valence-corrected chi connectivity index (χ2v) is 5.40. The van der Waals surface area contributed by atoms with Crippen molar-refractivity contribution in [2.75, 3.05) is 13.2 Å².